The molecule has 1 saturated heterocycles. The van der Waals surface area contributed by atoms with E-state index in [4.69, 9.17) is 24.7 Å². The predicted molar refractivity (Wildman–Crippen MR) is 129 cm³/mol. The molecule has 33 heavy (non-hydrogen) atoms. The molecule has 4 heterocycles. The molecule has 1 aliphatic heterocycles. The Morgan fingerprint density at radius 1 is 0.879 bits per heavy atom. The standard InChI is InChI=1S/C25H25N7O/c1-16(2)23-27-20-7-3-4-9-21(20)32(23)25-29-22(18-6-5-8-19-17(18)10-11-26-19)28-24(30-25)31-12-14-33-15-13-31/h3-11,16,26H,12-15H2,1-2H3. The minimum Gasteiger partial charge on any atom is -0.378 e. The molecule has 8 nitrogen and oxygen atoms in total. The Morgan fingerprint density at radius 3 is 2.55 bits per heavy atom. The van der Waals surface area contributed by atoms with E-state index >= 15 is 0 Å². The van der Waals surface area contributed by atoms with Crippen LogP contribution >= 0.6 is 0 Å². The molecule has 0 spiro atoms. The summed E-state index contributed by atoms with van der Waals surface area (Å²) < 4.78 is 7.64. The third-order valence-electron chi connectivity index (χ3n) is 6.04. The number of fused-ring (bicyclic) bond motifs is 2. The second-order valence-electron chi connectivity index (χ2n) is 8.55. The molecule has 2 aromatic carbocycles. The highest BCUT2D eigenvalue weighted by atomic mass is 16.5. The molecule has 6 rings (SSSR count). The van der Waals surface area contributed by atoms with Crippen LogP contribution in [0.5, 0.6) is 0 Å². The molecule has 0 aliphatic carbocycles. The summed E-state index contributed by atoms with van der Waals surface area (Å²) in [4.78, 5) is 25.2. The van der Waals surface area contributed by atoms with Crippen LogP contribution < -0.4 is 4.90 Å². The van der Waals surface area contributed by atoms with Crippen LogP contribution in [0.4, 0.5) is 5.95 Å². The Balaban J connectivity index is 1.62. The minimum absolute atomic E-state index is 0.206. The number of benzene rings is 2. The van der Waals surface area contributed by atoms with E-state index in [1.54, 1.807) is 0 Å². The molecule has 0 radical (unpaired) electrons. The number of aromatic nitrogens is 6. The van der Waals surface area contributed by atoms with Gasteiger partial charge in [0, 0.05) is 41.7 Å². The van der Waals surface area contributed by atoms with Crippen molar-refractivity contribution in [2.24, 2.45) is 0 Å². The Morgan fingerprint density at radius 2 is 1.70 bits per heavy atom. The van der Waals surface area contributed by atoms with Gasteiger partial charge in [-0.25, -0.2) is 4.98 Å². The zero-order valence-corrected chi connectivity index (χ0v) is 18.7. The molecule has 0 amide bonds. The number of nitrogens with zero attached hydrogens (tertiary/aromatic N) is 6. The van der Waals surface area contributed by atoms with Gasteiger partial charge in [0.15, 0.2) is 5.82 Å². The molecule has 1 N–H and O–H groups in total. The van der Waals surface area contributed by atoms with Gasteiger partial charge in [0.05, 0.1) is 24.2 Å². The monoisotopic (exact) mass is 439 g/mol. The van der Waals surface area contributed by atoms with Crippen LogP contribution in [-0.4, -0.2) is 55.8 Å². The SMILES string of the molecule is CC(C)c1nc2ccccc2n1-c1nc(-c2cccc3[nH]ccc23)nc(N2CCOCC2)n1. The molecule has 166 valence electrons. The number of aromatic amines is 1. The Kier molecular flexibility index (Phi) is 4.80. The van der Waals surface area contributed by atoms with Gasteiger partial charge < -0.3 is 14.6 Å². The van der Waals surface area contributed by atoms with E-state index in [1.807, 2.05) is 30.5 Å². The first-order valence-electron chi connectivity index (χ1n) is 11.3. The maximum absolute atomic E-state index is 5.56. The number of imidazole rings is 1. The topological polar surface area (TPSA) is 84.8 Å². The number of morpholine rings is 1. The number of hydrogen-bond acceptors (Lipinski definition) is 6. The Hall–Kier alpha value is -3.78. The van der Waals surface area contributed by atoms with E-state index in [1.165, 1.54) is 0 Å². The average Bonchev–Trinajstić information content (AvgIpc) is 3.49. The van der Waals surface area contributed by atoms with Gasteiger partial charge in [-0.05, 0) is 24.3 Å². The quantitative estimate of drug-likeness (QED) is 0.449. The fourth-order valence-corrected chi connectivity index (χ4v) is 4.40. The molecule has 0 atom stereocenters. The van der Waals surface area contributed by atoms with Crippen molar-refractivity contribution in [1.82, 2.24) is 29.5 Å². The molecule has 1 aliphatic rings. The average molecular weight is 440 g/mol. The third-order valence-corrected chi connectivity index (χ3v) is 6.04. The summed E-state index contributed by atoms with van der Waals surface area (Å²) in [6.07, 6.45) is 1.94. The maximum atomic E-state index is 5.56. The molecular weight excluding hydrogens is 414 g/mol. The van der Waals surface area contributed by atoms with E-state index in [-0.39, 0.29) is 5.92 Å². The molecule has 0 unspecified atom stereocenters. The van der Waals surface area contributed by atoms with Crippen molar-refractivity contribution in [3.63, 3.8) is 0 Å². The lowest BCUT2D eigenvalue weighted by atomic mass is 10.1. The molecule has 0 saturated carbocycles. The minimum atomic E-state index is 0.206. The van der Waals surface area contributed by atoms with Crippen LogP contribution in [0.1, 0.15) is 25.6 Å². The Bertz CT molecular complexity index is 1450. The summed E-state index contributed by atoms with van der Waals surface area (Å²) in [5, 5.41) is 1.09. The van der Waals surface area contributed by atoms with Crippen LogP contribution in [-0.2, 0) is 4.74 Å². The molecule has 1 fully saturated rings. The van der Waals surface area contributed by atoms with E-state index in [0.29, 0.717) is 30.9 Å². The van der Waals surface area contributed by atoms with Crippen molar-refractivity contribution in [1.29, 1.82) is 0 Å². The summed E-state index contributed by atoms with van der Waals surface area (Å²) >= 11 is 0. The first-order valence-corrected chi connectivity index (χ1v) is 11.3. The summed E-state index contributed by atoms with van der Waals surface area (Å²) in [6, 6.07) is 16.3. The number of nitrogens with one attached hydrogen (secondary N) is 1. The van der Waals surface area contributed by atoms with E-state index < -0.39 is 0 Å². The second-order valence-corrected chi connectivity index (χ2v) is 8.55. The number of para-hydroxylation sites is 2. The van der Waals surface area contributed by atoms with Gasteiger partial charge in [0.25, 0.3) is 0 Å². The number of H-pyrrole nitrogens is 1. The summed E-state index contributed by atoms with van der Waals surface area (Å²) in [7, 11) is 0. The highest BCUT2D eigenvalue weighted by Crippen LogP contribution is 2.30. The molecule has 8 heteroatoms. The molecule has 5 aromatic rings. The maximum Gasteiger partial charge on any atom is 0.241 e. The number of rotatable bonds is 4. The fraction of sp³-hybridized carbons (Fsp3) is 0.280. The van der Waals surface area contributed by atoms with E-state index in [2.05, 4.69) is 52.6 Å². The number of anilines is 1. The second kappa shape index (κ2) is 7.97. The molecular formula is C25H25N7O. The summed E-state index contributed by atoms with van der Waals surface area (Å²) in [5.74, 6) is 3.04. The van der Waals surface area contributed by atoms with Crippen LogP contribution in [0.2, 0.25) is 0 Å². The normalized spacial score (nSPS) is 14.6. The van der Waals surface area contributed by atoms with Gasteiger partial charge >= 0.3 is 0 Å². The largest absolute Gasteiger partial charge is 0.378 e. The van der Waals surface area contributed by atoms with E-state index in [9.17, 15) is 0 Å². The van der Waals surface area contributed by atoms with Gasteiger partial charge in [-0.2, -0.15) is 15.0 Å². The smallest absolute Gasteiger partial charge is 0.241 e. The van der Waals surface area contributed by atoms with Crippen molar-refractivity contribution in [3.05, 3.63) is 60.6 Å². The molecule has 3 aromatic heterocycles. The van der Waals surface area contributed by atoms with Gasteiger partial charge in [-0.1, -0.05) is 38.1 Å². The Labute approximate surface area is 191 Å². The highest BCUT2D eigenvalue weighted by Gasteiger charge is 2.22. The zero-order valence-electron chi connectivity index (χ0n) is 18.7. The third kappa shape index (κ3) is 3.43. The van der Waals surface area contributed by atoms with Crippen LogP contribution in [0.15, 0.2) is 54.7 Å². The van der Waals surface area contributed by atoms with Gasteiger partial charge in [-0.15, -0.1) is 0 Å². The summed E-state index contributed by atoms with van der Waals surface area (Å²) in [5.41, 5.74) is 3.95. The fourth-order valence-electron chi connectivity index (χ4n) is 4.40. The van der Waals surface area contributed by atoms with Crippen molar-refractivity contribution >= 4 is 27.9 Å². The zero-order chi connectivity index (χ0) is 22.4. The summed E-state index contributed by atoms with van der Waals surface area (Å²) in [6.45, 7) is 7.11. The first kappa shape index (κ1) is 19.9. The van der Waals surface area contributed by atoms with Crippen LogP contribution in [0.3, 0.4) is 0 Å². The van der Waals surface area contributed by atoms with Crippen molar-refractivity contribution in [2.45, 2.75) is 19.8 Å². The van der Waals surface area contributed by atoms with Crippen LogP contribution in [0.25, 0.3) is 39.3 Å². The van der Waals surface area contributed by atoms with Crippen molar-refractivity contribution in [2.75, 3.05) is 31.2 Å². The lowest BCUT2D eigenvalue weighted by Gasteiger charge is -2.27. The predicted octanol–water partition coefficient (Wildman–Crippen LogP) is 4.32. The first-order chi connectivity index (χ1) is 16.2. The lowest BCUT2D eigenvalue weighted by Crippen LogP contribution is -2.37. The van der Waals surface area contributed by atoms with Gasteiger partial charge in [-0.3, -0.25) is 4.57 Å². The van der Waals surface area contributed by atoms with E-state index in [0.717, 1.165) is 46.4 Å². The number of ether oxygens (including phenoxy) is 1. The van der Waals surface area contributed by atoms with Crippen molar-refractivity contribution < 1.29 is 4.74 Å². The van der Waals surface area contributed by atoms with Crippen molar-refractivity contribution in [3.8, 4) is 17.3 Å². The van der Waals surface area contributed by atoms with Crippen LogP contribution in [0, 0.1) is 0 Å². The van der Waals surface area contributed by atoms with Gasteiger partial charge in [0.2, 0.25) is 11.9 Å². The van der Waals surface area contributed by atoms with Gasteiger partial charge in [0.1, 0.15) is 5.82 Å². The highest BCUT2D eigenvalue weighted by molar-refractivity contribution is 5.93. The number of hydrogen-bond donors (Lipinski definition) is 1. The lowest BCUT2D eigenvalue weighted by molar-refractivity contribution is 0.122. The molecule has 0 bridgehead atoms.